The molecule has 3 rings (SSSR count). The SMILES string of the molecule is CS[C@@]1(NC(=O)C(C(=O)O)c2cccs2)C(=O)N2[C@@H](C(=O)O)C(C)(C)S[C@@H]21. The largest absolute Gasteiger partial charge is 0.480 e. The van der Waals surface area contributed by atoms with Crippen molar-refractivity contribution in [1.29, 1.82) is 0 Å². The van der Waals surface area contributed by atoms with Gasteiger partial charge in [0.15, 0.2) is 10.8 Å². The van der Waals surface area contributed by atoms with Crippen LogP contribution in [0.5, 0.6) is 0 Å². The van der Waals surface area contributed by atoms with E-state index in [0.29, 0.717) is 4.88 Å². The van der Waals surface area contributed by atoms with Crippen molar-refractivity contribution in [3.8, 4) is 0 Å². The number of carboxylic acid groups (broad SMARTS) is 2. The van der Waals surface area contributed by atoms with Gasteiger partial charge in [0.2, 0.25) is 5.91 Å². The van der Waals surface area contributed by atoms with Gasteiger partial charge in [-0.3, -0.25) is 14.4 Å². The summed E-state index contributed by atoms with van der Waals surface area (Å²) < 4.78 is -0.742. The third kappa shape index (κ3) is 2.92. The number of fused-ring (bicyclic) bond motifs is 1. The molecular weight excluding hydrogens is 412 g/mol. The highest BCUT2D eigenvalue weighted by molar-refractivity contribution is 8.05. The predicted molar refractivity (Wildman–Crippen MR) is 103 cm³/mol. The molecule has 2 saturated heterocycles. The van der Waals surface area contributed by atoms with Crippen LogP contribution in [0, 0.1) is 0 Å². The summed E-state index contributed by atoms with van der Waals surface area (Å²) in [4.78, 5) is 49.2. The Morgan fingerprint density at radius 1 is 1.33 bits per heavy atom. The lowest BCUT2D eigenvalue weighted by Gasteiger charge is -2.52. The van der Waals surface area contributed by atoms with E-state index in [1.807, 2.05) is 0 Å². The Kier molecular flexibility index (Phi) is 4.98. The number of thiophene rings is 1. The second kappa shape index (κ2) is 6.71. The van der Waals surface area contributed by atoms with Crippen LogP contribution in [-0.2, 0) is 19.2 Å². The van der Waals surface area contributed by atoms with Gasteiger partial charge in [0.25, 0.3) is 5.91 Å². The van der Waals surface area contributed by atoms with Crippen LogP contribution in [0.3, 0.4) is 0 Å². The average molecular weight is 431 g/mol. The van der Waals surface area contributed by atoms with Crippen LogP contribution in [0.4, 0.5) is 0 Å². The van der Waals surface area contributed by atoms with Crippen LogP contribution in [0.25, 0.3) is 0 Å². The summed E-state index contributed by atoms with van der Waals surface area (Å²) >= 11 is 3.52. The molecule has 8 nitrogen and oxygen atoms in total. The van der Waals surface area contributed by atoms with Crippen molar-refractivity contribution in [2.24, 2.45) is 0 Å². The zero-order valence-corrected chi connectivity index (χ0v) is 17.1. The second-order valence-electron chi connectivity index (χ2n) is 6.74. The van der Waals surface area contributed by atoms with Gasteiger partial charge < -0.3 is 20.4 Å². The number of carboxylic acids is 2. The summed E-state index contributed by atoms with van der Waals surface area (Å²) in [5, 5.41) is 22.7. The lowest BCUT2D eigenvalue weighted by atomic mass is 9.95. The van der Waals surface area contributed by atoms with Crippen molar-refractivity contribution in [2.75, 3.05) is 6.26 Å². The number of amides is 2. The molecule has 1 unspecified atom stereocenters. The molecule has 0 radical (unpaired) electrons. The number of carbonyl (C=O) groups excluding carboxylic acids is 2. The minimum Gasteiger partial charge on any atom is -0.480 e. The highest BCUT2D eigenvalue weighted by Gasteiger charge is 2.72. The molecule has 2 fully saturated rings. The van der Waals surface area contributed by atoms with Gasteiger partial charge in [0, 0.05) is 9.62 Å². The monoisotopic (exact) mass is 430 g/mol. The topological polar surface area (TPSA) is 124 Å². The van der Waals surface area contributed by atoms with Crippen molar-refractivity contribution in [1.82, 2.24) is 10.2 Å². The Morgan fingerprint density at radius 3 is 2.48 bits per heavy atom. The summed E-state index contributed by atoms with van der Waals surface area (Å²) in [6, 6.07) is 2.19. The Labute approximate surface area is 167 Å². The van der Waals surface area contributed by atoms with E-state index in [2.05, 4.69) is 5.32 Å². The summed E-state index contributed by atoms with van der Waals surface area (Å²) in [5.74, 6) is -5.15. The number of rotatable bonds is 6. The summed E-state index contributed by atoms with van der Waals surface area (Å²) in [6.07, 6.45) is 1.64. The zero-order chi connectivity index (χ0) is 20.1. The van der Waals surface area contributed by atoms with E-state index in [4.69, 9.17) is 0 Å². The number of aliphatic carboxylic acids is 2. The summed E-state index contributed by atoms with van der Waals surface area (Å²) in [7, 11) is 0. The molecule has 2 aliphatic rings. The first-order valence-corrected chi connectivity index (χ1v) is 10.9. The van der Waals surface area contributed by atoms with Gasteiger partial charge in [-0.15, -0.1) is 34.9 Å². The molecule has 0 aromatic carbocycles. The van der Waals surface area contributed by atoms with E-state index < -0.39 is 50.7 Å². The molecule has 27 heavy (non-hydrogen) atoms. The molecule has 11 heteroatoms. The molecule has 3 heterocycles. The number of β-lactam (4-membered cyclic amide) rings is 1. The van der Waals surface area contributed by atoms with Crippen molar-refractivity contribution < 1.29 is 29.4 Å². The average Bonchev–Trinajstić information content (AvgIpc) is 3.16. The summed E-state index contributed by atoms with van der Waals surface area (Å²) in [6.45, 7) is 3.47. The lowest BCUT2D eigenvalue weighted by molar-refractivity contribution is -0.163. The number of nitrogens with zero attached hydrogens (tertiary/aromatic N) is 1. The number of nitrogens with one attached hydrogen (secondary N) is 1. The maximum Gasteiger partial charge on any atom is 0.327 e. The standard InChI is InChI=1S/C16H18N2O6S3/c1-15(2)9(12(22)23)18-13(24)16(25-3,14(18)27-15)17-10(19)8(11(20)21)7-5-4-6-26-7/h4-6,8-9,14H,1-3H3,(H,17,19)(H,20,21)(H,22,23)/t8?,9-,14+,16-/m0/s1. The maximum absolute atomic E-state index is 12.9. The van der Waals surface area contributed by atoms with Crippen LogP contribution in [0.2, 0.25) is 0 Å². The Bertz CT molecular complexity index is 811. The van der Waals surface area contributed by atoms with Gasteiger partial charge in [-0.05, 0) is 31.5 Å². The van der Waals surface area contributed by atoms with Crippen molar-refractivity contribution >= 4 is 58.6 Å². The zero-order valence-electron chi connectivity index (χ0n) is 14.7. The first-order valence-electron chi connectivity index (χ1n) is 7.93. The van der Waals surface area contributed by atoms with Crippen LogP contribution in [0.1, 0.15) is 24.6 Å². The number of thioether (sulfide) groups is 2. The van der Waals surface area contributed by atoms with E-state index in [0.717, 1.165) is 23.1 Å². The third-order valence-corrected chi connectivity index (χ3v) is 8.57. The van der Waals surface area contributed by atoms with E-state index in [1.54, 1.807) is 37.6 Å². The molecule has 1 aromatic heterocycles. The van der Waals surface area contributed by atoms with Crippen molar-refractivity contribution in [3.05, 3.63) is 22.4 Å². The minimum absolute atomic E-state index is 0.364. The number of hydrogen-bond donors (Lipinski definition) is 3. The van der Waals surface area contributed by atoms with Crippen molar-refractivity contribution in [2.45, 2.75) is 40.8 Å². The molecule has 4 atom stereocenters. The van der Waals surface area contributed by atoms with E-state index in [1.165, 1.54) is 16.7 Å². The Morgan fingerprint density at radius 2 is 2.00 bits per heavy atom. The van der Waals surface area contributed by atoms with Crippen LogP contribution in [-0.4, -0.2) is 66.2 Å². The first kappa shape index (κ1) is 20.0. The van der Waals surface area contributed by atoms with Crippen molar-refractivity contribution in [3.63, 3.8) is 0 Å². The Hall–Kier alpha value is -1.72. The molecule has 0 saturated carbocycles. The van der Waals surface area contributed by atoms with Crippen LogP contribution in [0.15, 0.2) is 17.5 Å². The maximum atomic E-state index is 12.9. The van der Waals surface area contributed by atoms with E-state index in [-0.39, 0.29) is 0 Å². The molecule has 2 aliphatic heterocycles. The molecule has 2 amide bonds. The Balaban J connectivity index is 1.89. The molecule has 0 bridgehead atoms. The predicted octanol–water partition coefficient (Wildman–Crippen LogP) is 1.24. The van der Waals surface area contributed by atoms with Gasteiger partial charge in [-0.1, -0.05) is 6.07 Å². The second-order valence-corrected chi connectivity index (χ2v) is 10.5. The molecule has 1 aromatic rings. The normalized spacial score (nSPS) is 29.6. The lowest BCUT2D eigenvalue weighted by Crippen LogP contribution is -2.78. The molecule has 0 spiro atoms. The highest BCUT2D eigenvalue weighted by atomic mass is 32.2. The fourth-order valence-electron chi connectivity index (χ4n) is 3.46. The molecule has 3 N–H and O–H groups in total. The molecular formula is C16H18N2O6S3. The number of carbonyl (C=O) groups is 4. The summed E-state index contributed by atoms with van der Waals surface area (Å²) in [5.41, 5.74) is 0. The number of hydrogen-bond acceptors (Lipinski definition) is 7. The molecule has 0 aliphatic carbocycles. The quantitative estimate of drug-likeness (QED) is 0.350. The third-order valence-electron chi connectivity index (χ3n) is 4.71. The van der Waals surface area contributed by atoms with Gasteiger partial charge in [-0.25, -0.2) is 4.79 Å². The van der Waals surface area contributed by atoms with Gasteiger partial charge >= 0.3 is 11.9 Å². The van der Waals surface area contributed by atoms with Gasteiger partial charge in [-0.2, -0.15) is 0 Å². The van der Waals surface area contributed by atoms with Crippen LogP contribution >= 0.6 is 34.9 Å². The van der Waals surface area contributed by atoms with Gasteiger partial charge in [0.1, 0.15) is 11.4 Å². The van der Waals surface area contributed by atoms with E-state index >= 15 is 0 Å². The smallest absolute Gasteiger partial charge is 0.327 e. The van der Waals surface area contributed by atoms with Crippen LogP contribution < -0.4 is 5.32 Å². The highest BCUT2D eigenvalue weighted by Crippen LogP contribution is 2.57. The van der Waals surface area contributed by atoms with E-state index in [9.17, 15) is 29.4 Å². The fraction of sp³-hybridized carbons (Fsp3) is 0.500. The van der Waals surface area contributed by atoms with Gasteiger partial charge in [0.05, 0.1) is 0 Å². The molecule has 146 valence electrons. The first-order chi connectivity index (χ1) is 12.6. The fourth-order valence-corrected chi connectivity index (χ4v) is 7.08. The minimum atomic E-state index is -1.43.